The van der Waals surface area contributed by atoms with E-state index in [4.69, 9.17) is 15.0 Å². The average molecular weight is 813 g/mol. The van der Waals surface area contributed by atoms with Gasteiger partial charge in [-0.25, -0.2) is 15.0 Å². The largest absolute Gasteiger partial charge is 0.208 e. The zero-order valence-corrected chi connectivity index (χ0v) is 34.6. The van der Waals surface area contributed by atoms with Crippen LogP contribution in [0.5, 0.6) is 0 Å². The van der Waals surface area contributed by atoms with Gasteiger partial charge >= 0.3 is 0 Å². The lowest BCUT2D eigenvalue weighted by molar-refractivity contribution is 1.08. The number of hydrogen-bond donors (Lipinski definition) is 0. The van der Waals surface area contributed by atoms with Gasteiger partial charge in [0.15, 0.2) is 17.5 Å². The molecule has 4 heteroatoms. The van der Waals surface area contributed by atoms with Crippen molar-refractivity contribution in [1.82, 2.24) is 15.0 Å². The van der Waals surface area contributed by atoms with Crippen LogP contribution in [-0.4, -0.2) is 15.0 Å². The van der Waals surface area contributed by atoms with Gasteiger partial charge in [-0.1, -0.05) is 188 Å². The second-order valence-electron chi connectivity index (χ2n) is 16.2. The summed E-state index contributed by atoms with van der Waals surface area (Å²) in [5.74, 6) is 1.79. The van der Waals surface area contributed by atoms with Crippen LogP contribution in [0.25, 0.3) is 121 Å². The normalized spacial score (nSPS) is 11.4. The summed E-state index contributed by atoms with van der Waals surface area (Å²) in [6, 6.07) is 79.1. The first-order chi connectivity index (χ1) is 31.7. The summed E-state index contributed by atoms with van der Waals surface area (Å²) < 4.78 is 0. The Morgan fingerprint density at radius 2 is 0.844 bits per heavy atom. The summed E-state index contributed by atoms with van der Waals surface area (Å²) in [5.41, 5.74) is 10.2. The monoisotopic (exact) mass is 812 g/mol. The molecule has 0 amide bonds. The zero-order chi connectivity index (χ0) is 42.6. The van der Waals surface area contributed by atoms with Gasteiger partial charge in [0, 0.05) is 16.7 Å². The van der Waals surface area contributed by atoms with Crippen LogP contribution in [0.1, 0.15) is 5.56 Å². The molecular weight excluding hydrogens is 777 g/mol. The maximum atomic E-state index is 9.39. The van der Waals surface area contributed by atoms with Gasteiger partial charge in [-0.15, -0.1) is 0 Å². The van der Waals surface area contributed by atoms with Gasteiger partial charge in [-0.2, -0.15) is 5.26 Å². The molecule has 1 heterocycles. The topological polar surface area (TPSA) is 62.5 Å². The Balaban J connectivity index is 1.09. The van der Waals surface area contributed by atoms with Crippen LogP contribution in [0.2, 0.25) is 0 Å². The molecule has 4 nitrogen and oxygen atoms in total. The van der Waals surface area contributed by atoms with Crippen molar-refractivity contribution in [3.63, 3.8) is 0 Å². The van der Waals surface area contributed by atoms with Crippen LogP contribution in [-0.2, 0) is 0 Å². The molecule has 0 bridgehead atoms. The molecule has 64 heavy (non-hydrogen) atoms. The van der Waals surface area contributed by atoms with Crippen molar-refractivity contribution < 1.29 is 0 Å². The van der Waals surface area contributed by atoms with Crippen LogP contribution in [0.3, 0.4) is 0 Å². The molecule has 0 radical (unpaired) electrons. The smallest absolute Gasteiger partial charge is 0.164 e. The molecule has 11 aromatic carbocycles. The summed E-state index contributed by atoms with van der Waals surface area (Å²) >= 11 is 0. The average Bonchev–Trinajstić information content (AvgIpc) is 3.37. The van der Waals surface area contributed by atoms with Gasteiger partial charge in [-0.05, 0) is 118 Å². The number of rotatable bonds is 6. The molecule has 0 N–H and O–H groups in total. The second-order valence-corrected chi connectivity index (χ2v) is 16.2. The minimum atomic E-state index is 0.584. The van der Waals surface area contributed by atoms with Crippen LogP contribution >= 0.6 is 0 Å². The Labute approximate surface area is 370 Å². The van der Waals surface area contributed by atoms with E-state index < -0.39 is 0 Å². The van der Waals surface area contributed by atoms with Gasteiger partial charge in [0.25, 0.3) is 0 Å². The van der Waals surface area contributed by atoms with E-state index in [-0.39, 0.29) is 0 Å². The van der Waals surface area contributed by atoms with Crippen molar-refractivity contribution in [2.75, 3.05) is 0 Å². The number of hydrogen-bond acceptors (Lipinski definition) is 4. The van der Waals surface area contributed by atoms with Crippen molar-refractivity contribution >= 4 is 53.9 Å². The standard InChI is InChI=1S/C60H36N4/c61-37-38-25-27-40(28-26-38)44-18-12-19-46(36-44)59-62-58(42-15-2-1-3-16-42)63-60(64-59)53-34-33-52(48-21-8-9-22-49(48)53)56-51-24-11-10-23-50(51)55(45-30-29-39-13-4-5-17-43(39)35-45)57-47-20-7-6-14-41(47)31-32-54(56)57/h1-36H. The molecule has 0 aliphatic carbocycles. The number of nitriles is 1. The highest BCUT2D eigenvalue weighted by molar-refractivity contribution is 6.29. The van der Waals surface area contributed by atoms with Crippen molar-refractivity contribution in [3.8, 4) is 73.6 Å². The summed E-state index contributed by atoms with van der Waals surface area (Å²) in [4.78, 5) is 15.5. The van der Waals surface area contributed by atoms with E-state index in [0.29, 0.717) is 23.0 Å². The van der Waals surface area contributed by atoms with E-state index in [0.717, 1.165) is 44.2 Å². The van der Waals surface area contributed by atoms with Crippen LogP contribution in [0, 0.1) is 11.3 Å². The van der Waals surface area contributed by atoms with Crippen molar-refractivity contribution in [1.29, 1.82) is 5.26 Å². The Hall–Kier alpha value is -8.78. The molecule has 1 aromatic heterocycles. The molecular formula is C60H36N4. The quantitative estimate of drug-likeness (QED) is 0.124. The first-order valence-corrected chi connectivity index (χ1v) is 21.5. The molecule has 0 unspecified atom stereocenters. The van der Waals surface area contributed by atoms with Crippen LogP contribution in [0.4, 0.5) is 0 Å². The van der Waals surface area contributed by atoms with E-state index >= 15 is 0 Å². The Bertz CT molecular complexity index is 3850. The zero-order valence-electron chi connectivity index (χ0n) is 34.6. The molecule has 0 aliphatic rings. The van der Waals surface area contributed by atoms with Crippen LogP contribution in [0.15, 0.2) is 218 Å². The van der Waals surface area contributed by atoms with E-state index in [2.05, 4.69) is 158 Å². The van der Waals surface area contributed by atoms with E-state index in [9.17, 15) is 5.26 Å². The Morgan fingerprint density at radius 3 is 1.61 bits per heavy atom. The van der Waals surface area contributed by atoms with E-state index in [1.807, 2.05) is 66.7 Å². The molecule has 0 spiro atoms. The van der Waals surface area contributed by atoms with E-state index in [1.165, 1.54) is 59.8 Å². The van der Waals surface area contributed by atoms with Gasteiger partial charge in [0.05, 0.1) is 11.6 Å². The van der Waals surface area contributed by atoms with E-state index in [1.54, 1.807) is 0 Å². The highest BCUT2D eigenvalue weighted by atomic mass is 15.0. The molecule has 0 aliphatic heterocycles. The van der Waals surface area contributed by atoms with Gasteiger partial charge in [-0.3, -0.25) is 0 Å². The third-order valence-corrected chi connectivity index (χ3v) is 12.5. The second kappa shape index (κ2) is 15.3. The first kappa shape index (κ1) is 37.0. The third-order valence-electron chi connectivity index (χ3n) is 12.5. The SMILES string of the molecule is N#Cc1ccc(-c2cccc(-c3nc(-c4ccccc4)nc(-c4ccc(-c5c6ccccc6c(-c6ccc7ccccc7c6)c6c5ccc5ccccc56)c5ccccc45)n3)c2)cc1. The summed E-state index contributed by atoms with van der Waals surface area (Å²) in [5, 5.41) is 21.3. The van der Waals surface area contributed by atoms with Crippen LogP contribution < -0.4 is 0 Å². The number of fused-ring (bicyclic) bond motifs is 6. The lowest BCUT2D eigenvalue weighted by Crippen LogP contribution is -2.01. The lowest BCUT2D eigenvalue weighted by atomic mass is 9.82. The predicted octanol–water partition coefficient (Wildman–Crippen LogP) is 15.5. The summed E-state index contributed by atoms with van der Waals surface area (Å²) in [7, 11) is 0. The predicted molar refractivity (Wildman–Crippen MR) is 265 cm³/mol. The molecule has 0 fully saturated rings. The minimum Gasteiger partial charge on any atom is -0.208 e. The molecule has 12 aromatic rings. The fourth-order valence-electron chi connectivity index (χ4n) is 9.51. The maximum absolute atomic E-state index is 9.39. The molecule has 296 valence electrons. The minimum absolute atomic E-state index is 0.584. The molecule has 0 saturated heterocycles. The van der Waals surface area contributed by atoms with Crippen molar-refractivity contribution in [3.05, 3.63) is 224 Å². The Morgan fingerprint density at radius 1 is 0.297 bits per heavy atom. The number of benzene rings is 11. The molecule has 0 saturated carbocycles. The number of nitrogens with zero attached hydrogens (tertiary/aromatic N) is 4. The Kier molecular flexibility index (Phi) is 8.84. The highest BCUT2D eigenvalue weighted by Crippen LogP contribution is 2.48. The van der Waals surface area contributed by atoms with Gasteiger partial charge in [0.2, 0.25) is 0 Å². The van der Waals surface area contributed by atoms with Gasteiger partial charge < -0.3 is 0 Å². The maximum Gasteiger partial charge on any atom is 0.164 e. The first-order valence-electron chi connectivity index (χ1n) is 21.5. The van der Waals surface area contributed by atoms with Crippen molar-refractivity contribution in [2.45, 2.75) is 0 Å². The van der Waals surface area contributed by atoms with Gasteiger partial charge in [0.1, 0.15) is 0 Å². The highest BCUT2D eigenvalue weighted by Gasteiger charge is 2.22. The molecule has 0 atom stereocenters. The lowest BCUT2D eigenvalue weighted by Gasteiger charge is -2.21. The third kappa shape index (κ3) is 6.26. The number of aromatic nitrogens is 3. The fraction of sp³-hybridized carbons (Fsp3) is 0. The summed E-state index contributed by atoms with van der Waals surface area (Å²) in [6.45, 7) is 0. The van der Waals surface area contributed by atoms with Crippen molar-refractivity contribution in [2.24, 2.45) is 0 Å². The molecule has 12 rings (SSSR count). The fourth-order valence-corrected chi connectivity index (χ4v) is 9.51. The summed E-state index contributed by atoms with van der Waals surface area (Å²) in [6.07, 6.45) is 0.